The minimum Gasteiger partial charge on any atom is -0.367 e. The lowest BCUT2D eigenvalue weighted by Crippen LogP contribution is -2.31. The van der Waals surface area contributed by atoms with Crippen LogP contribution in [0.3, 0.4) is 0 Å². The summed E-state index contributed by atoms with van der Waals surface area (Å²) in [6, 6.07) is 12.2. The summed E-state index contributed by atoms with van der Waals surface area (Å²) in [5, 5.41) is 7.13. The molecule has 0 fully saturated rings. The molecule has 0 spiro atoms. The number of nitrogens with zero attached hydrogens (tertiary/aromatic N) is 1. The second-order valence-electron chi connectivity index (χ2n) is 6.30. The van der Waals surface area contributed by atoms with Gasteiger partial charge in [0.25, 0.3) is 5.91 Å². The van der Waals surface area contributed by atoms with E-state index in [4.69, 9.17) is 10.3 Å². The summed E-state index contributed by atoms with van der Waals surface area (Å²) in [5.41, 5.74) is 9.22. The van der Waals surface area contributed by atoms with Crippen molar-refractivity contribution in [1.29, 1.82) is 0 Å². The van der Waals surface area contributed by atoms with Gasteiger partial charge in [-0.3, -0.25) is 4.79 Å². The lowest BCUT2D eigenvalue weighted by molar-refractivity contribution is 0.0934. The number of nitrogen functional groups attached to an aromatic ring is 1. The van der Waals surface area contributed by atoms with Crippen LogP contribution in [0.2, 0.25) is 0 Å². The summed E-state index contributed by atoms with van der Waals surface area (Å²) in [6.07, 6.45) is 3.02. The fourth-order valence-corrected chi connectivity index (χ4v) is 4.24. The number of fused-ring (bicyclic) bond motifs is 1. The number of hydrogen-bond acceptors (Lipinski definition) is 5. The first-order chi connectivity index (χ1) is 12.1. The highest BCUT2D eigenvalue weighted by Gasteiger charge is 2.27. The van der Waals surface area contributed by atoms with Gasteiger partial charge < -0.3 is 15.6 Å². The molecule has 1 aliphatic rings. The van der Waals surface area contributed by atoms with Gasteiger partial charge in [0, 0.05) is 4.88 Å². The SMILES string of the molecule is Cc1ccc(-c2noc(N)c2C(=O)NC2CCCc3ccccc32)s1. The molecule has 4 rings (SSSR count). The Hall–Kier alpha value is -2.60. The van der Waals surface area contributed by atoms with E-state index in [0.29, 0.717) is 11.3 Å². The van der Waals surface area contributed by atoms with Gasteiger partial charge in [-0.15, -0.1) is 11.3 Å². The van der Waals surface area contributed by atoms with Crippen molar-refractivity contribution < 1.29 is 9.32 Å². The third-order valence-corrected chi connectivity index (χ3v) is 5.60. The molecule has 1 atom stereocenters. The molecule has 1 unspecified atom stereocenters. The fraction of sp³-hybridized carbons (Fsp3) is 0.263. The van der Waals surface area contributed by atoms with Gasteiger partial charge in [-0.25, -0.2) is 0 Å². The van der Waals surface area contributed by atoms with Gasteiger partial charge in [-0.2, -0.15) is 0 Å². The van der Waals surface area contributed by atoms with Gasteiger partial charge in [0.2, 0.25) is 5.88 Å². The zero-order valence-electron chi connectivity index (χ0n) is 13.9. The molecule has 0 radical (unpaired) electrons. The second kappa shape index (κ2) is 6.37. The summed E-state index contributed by atoms with van der Waals surface area (Å²) in [5.74, 6) is -0.177. The number of hydrogen-bond donors (Lipinski definition) is 2. The number of rotatable bonds is 3. The van der Waals surface area contributed by atoms with E-state index in [1.54, 1.807) is 11.3 Å². The van der Waals surface area contributed by atoms with Crippen molar-refractivity contribution in [3.63, 3.8) is 0 Å². The molecule has 0 bridgehead atoms. The maximum Gasteiger partial charge on any atom is 0.259 e. The third kappa shape index (κ3) is 2.93. The molecule has 2 heterocycles. The lowest BCUT2D eigenvalue weighted by Gasteiger charge is -2.26. The maximum atomic E-state index is 12.9. The highest BCUT2D eigenvalue weighted by Crippen LogP contribution is 2.34. The molecule has 3 N–H and O–H groups in total. The third-order valence-electron chi connectivity index (χ3n) is 4.59. The molecule has 25 heavy (non-hydrogen) atoms. The van der Waals surface area contributed by atoms with E-state index in [1.807, 2.05) is 31.2 Å². The van der Waals surface area contributed by atoms with Gasteiger partial charge in [0.05, 0.1) is 10.9 Å². The Labute approximate surface area is 149 Å². The van der Waals surface area contributed by atoms with Crippen LogP contribution in [0.25, 0.3) is 10.6 Å². The normalized spacial score (nSPS) is 16.4. The highest BCUT2D eigenvalue weighted by molar-refractivity contribution is 7.15. The average Bonchev–Trinajstić information content (AvgIpc) is 3.21. The summed E-state index contributed by atoms with van der Waals surface area (Å²) in [4.78, 5) is 14.9. The number of thiophene rings is 1. The smallest absolute Gasteiger partial charge is 0.259 e. The van der Waals surface area contributed by atoms with Crippen molar-refractivity contribution in [1.82, 2.24) is 10.5 Å². The molecule has 5 nitrogen and oxygen atoms in total. The molecule has 6 heteroatoms. The minimum absolute atomic E-state index is 0.00956. The van der Waals surface area contributed by atoms with Crippen LogP contribution >= 0.6 is 11.3 Å². The topological polar surface area (TPSA) is 81.2 Å². The molecular formula is C19H19N3O2S. The molecule has 0 aliphatic heterocycles. The van der Waals surface area contributed by atoms with Crippen molar-refractivity contribution in [3.8, 4) is 10.6 Å². The van der Waals surface area contributed by atoms with E-state index in [1.165, 1.54) is 11.1 Å². The van der Waals surface area contributed by atoms with Crippen LogP contribution in [-0.4, -0.2) is 11.1 Å². The Morgan fingerprint density at radius 1 is 1.32 bits per heavy atom. The largest absolute Gasteiger partial charge is 0.367 e. The zero-order chi connectivity index (χ0) is 17.4. The molecule has 0 saturated carbocycles. The standard InChI is InChI=1S/C19H19N3O2S/c1-11-9-10-15(25-11)17-16(18(20)24-22-17)19(23)21-14-8-4-6-12-5-2-3-7-13(12)14/h2-3,5,7,9-10,14H,4,6,8,20H2,1H3,(H,21,23). The van der Waals surface area contributed by atoms with Crippen LogP contribution in [0.5, 0.6) is 0 Å². The van der Waals surface area contributed by atoms with E-state index in [0.717, 1.165) is 29.0 Å². The Morgan fingerprint density at radius 2 is 2.16 bits per heavy atom. The minimum atomic E-state index is -0.235. The quantitative estimate of drug-likeness (QED) is 0.743. The maximum absolute atomic E-state index is 12.9. The summed E-state index contributed by atoms with van der Waals surface area (Å²) < 4.78 is 5.11. The summed E-state index contributed by atoms with van der Waals surface area (Å²) in [6.45, 7) is 2.01. The van der Waals surface area contributed by atoms with Crippen LogP contribution in [-0.2, 0) is 6.42 Å². The van der Waals surface area contributed by atoms with Gasteiger partial charge >= 0.3 is 0 Å². The number of carbonyl (C=O) groups is 1. The van der Waals surface area contributed by atoms with Crippen LogP contribution < -0.4 is 11.1 Å². The van der Waals surface area contributed by atoms with Crippen LogP contribution in [0.15, 0.2) is 40.9 Å². The number of benzene rings is 1. The van der Waals surface area contributed by atoms with Crippen molar-refractivity contribution in [2.75, 3.05) is 5.73 Å². The Bertz CT molecular complexity index is 928. The molecule has 1 aliphatic carbocycles. The Balaban J connectivity index is 1.64. The number of aryl methyl sites for hydroxylation is 2. The molecule has 1 aromatic carbocycles. The van der Waals surface area contributed by atoms with Crippen molar-refractivity contribution >= 4 is 23.1 Å². The molecular weight excluding hydrogens is 334 g/mol. The first-order valence-corrected chi connectivity index (χ1v) is 9.16. The van der Waals surface area contributed by atoms with Crippen LogP contribution in [0.1, 0.15) is 45.2 Å². The fourth-order valence-electron chi connectivity index (χ4n) is 3.39. The number of nitrogens with one attached hydrogen (secondary N) is 1. The summed E-state index contributed by atoms with van der Waals surface area (Å²) >= 11 is 1.56. The van der Waals surface area contributed by atoms with Crippen LogP contribution in [0, 0.1) is 6.92 Å². The monoisotopic (exact) mass is 353 g/mol. The lowest BCUT2D eigenvalue weighted by atomic mass is 9.87. The van der Waals surface area contributed by atoms with Gasteiger partial charge in [-0.1, -0.05) is 29.4 Å². The first-order valence-electron chi connectivity index (χ1n) is 8.34. The zero-order valence-corrected chi connectivity index (χ0v) is 14.7. The van der Waals surface area contributed by atoms with Gasteiger partial charge in [0.15, 0.2) is 0 Å². The predicted molar refractivity (Wildman–Crippen MR) is 98.6 cm³/mol. The molecule has 2 aromatic heterocycles. The molecule has 0 saturated heterocycles. The Morgan fingerprint density at radius 3 is 2.96 bits per heavy atom. The predicted octanol–water partition coefficient (Wildman–Crippen LogP) is 4.10. The highest BCUT2D eigenvalue weighted by atomic mass is 32.1. The van der Waals surface area contributed by atoms with E-state index < -0.39 is 0 Å². The molecule has 128 valence electrons. The number of aromatic nitrogens is 1. The number of carbonyl (C=O) groups excluding carboxylic acids is 1. The second-order valence-corrected chi connectivity index (χ2v) is 7.59. The molecule has 3 aromatic rings. The van der Waals surface area contributed by atoms with Crippen molar-refractivity contribution in [2.45, 2.75) is 32.2 Å². The number of anilines is 1. The number of amides is 1. The van der Waals surface area contributed by atoms with Crippen LogP contribution in [0.4, 0.5) is 5.88 Å². The summed E-state index contributed by atoms with van der Waals surface area (Å²) in [7, 11) is 0. The van der Waals surface area contributed by atoms with Gasteiger partial charge in [-0.05, 0) is 49.4 Å². The van der Waals surface area contributed by atoms with E-state index >= 15 is 0 Å². The first kappa shape index (κ1) is 15.9. The van der Waals surface area contributed by atoms with Gasteiger partial charge in [0.1, 0.15) is 11.3 Å². The van der Waals surface area contributed by atoms with E-state index in [-0.39, 0.29) is 17.8 Å². The van der Waals surface area contributed by atoms with E-state index in [9.17, 15) is 4.79 Å². The molecule has 1 amide bonds. The number of nitrogens with two attached hydrogens (primary N) is 1. The average molecular weight is 353 g/mol. The van der Waals surface area contributed by atoms with Crippen molar-refractivity contribution in [2.24, 2.45) is 0 Å². The van der Waals surface area contributed by atoms with E-state index in [2.05, 4.69) is 22.6 Å². The van der Waals surface area contributed by atoms with Crippen molar-refractivity contribution in [3.05, 3.63) is 58.0 Å². The Kier molecular flexibility index (Phi) is 4.05.